The van der Waals surface area contributed by atoms with Crippen molar-refractivity contribution in [1.82, 2.24) is 0 Å². The standard InChI is InChI=1S/C9H8F4O2/c1-14-5-15-8-6(9(11,12)13)3-2-4-7(8)10/h2-4H,5H2,1H3. The number of hydrogen-bond donors (Lipinski definition) is 0. The zero-order valence-electron chi connectivity index (χ0n) is 7.77. The van der Waals surface area contributed by atoms with Gasteiger partial charge in [0.05, 0.1) is 0 Å². The van der Waals surface area contributed by atoms with Crippen LogP contribution in [0.25, 0.3) is 0 Å². The number of benzene rings is 1. The molecule has 15 heavy (non-hydrogen) atoms. The zero-order chi connectivity index (χ0) is 11.5. The summed E-state index contributed by atoms with van der Waals surface area (Å²) in [5.41, 5.74) is -1.15. The summed E-state index contributed by atoms with van der Waals surface area (Å²) in [6.07, 6.45) is -4.65. The lowest BCUT2D eigenvalue weighted by atomic mass is 10.2. The molecule has 0 N–H and O–H groups in total. The first-order valence-electron chi connectivity index (χ1n) is 3.94. The first kappa shape index (κ1) is 11.8. The van der Waals surface area contributed by atoms with E-state index in [2.05, 4.69) is 9.47 Å². The Morgan fingerprint density at radius 1 is 1.27 bits per heavy atom. The highest BCUT2D eigenvalue weighted by Gasteiger charge is 2.35. The first-order valence-corrected chi connectivity index (χ1v) is 3.94. The first-order chi connectivity index (χ1) is 6.96. The van der Waals surface area contributed by atoms with Crippen molar-refractivity contribution >= 4 is 0 Å². The van der Waals surface area contributed by atoms with Crippen molar-refractivity contribution in [2.45, 2.75) is 6.18 Å². The van der Waals surface area contributed by atoms with E-state index in [0.29, 0.717) is 0 Å². The van der Waals surface area contributed by atoms with Crippen molar-refractivity contribution in [3.05, 3.63) is 29.6 Å². The molecular formula is C9H8F4O2. The van der Waals surface area contributed by atoms with Crippen LogP contribution in [0.3, 0.4) is 0 Å². The highest BCUT2D eigenvalue weighted by atomic mass is 19.4. The summed E-state index contributed by atoms with van der Waals surface area (Å²) in [6, 6.07) is 2.60. The Morgan fingerprint density at radius 3 is 2.47 bits per heavy atom. The van der Waals surface area contributed by atoms with Crippen LogP contribution in [0.4, 0.5) is 17.6 Å². The van der Waals surface area contributed by atoms with Crippen molar-refractivity contribution in [2.75, 3.05) is 13.9 Å². The molecule has 0 amide bonds. The van der Waals surface area contributed by atoms with Gasteiger partial charge in [0.15, 0.2) is 18.4 Å². The fourth-order valence-corrected chi connectivity index (χ4v) is 0.997. The lowest BCUT2D eigenvalue weighted by molar-refractivity contribution is -0.140. The van der Waals surface area contributed by atoms with Gasteiger partial charge in [-0.1, -0.05) is 6.07 Å². The Balaban J connectivity index is 3.09. The molecular weight excluding hydrogens is 216 g/mol. The predicted octanol–water partition coefficient (Wildman–Crippen LogP) is 2.83. The molecule has 84 valence electrons. The molecule has 0 saturated heterocycles. The second-order valence-electron chi connectivity index (χ2n) is 2.67. The maximum atomic E-state index is 13.0. The molecule has 0 radical (unpaired) electrons. The van der Waals surface area contributed by atoms with Gasteiger partial charge in [0, 0.05) is 7.11 Å². The van der Waals surface area contributed by atoms with Crippen LogP contribution in [0.2, 0.25) is 0 Å². The van der Waals surface area contributed by atoms with E-state index in [9.17, 15) is 17.6 Å². The third-order valence-corrected chi connectivity index (χ3v) is 1.59. The number of rotatable bonds is 3. The molecule has 6 heteroatoms. The highest BCUT2D eigenvalue weighted by molar-refractivity contribution is 5.36. The van der Waals surface area contributed by atoms with Crippen molar-refractivity contribution in [2.24, 2.45) is 0 Å². The van der Waals surface area contributed by atoms with E-state index < -0.39 is 30.1 Å². The molecule has 2 nitrogen and oxygen atoms in total. The largest absolute Gasteiger partial charge is 0.464 e. The molecule has 0 unspecified atom stereocenters. The second-order valence-corrected chi connectivity index (χ2v) is 2.67. The molecule has 0 aliphatic rings. The van der Waals surface area contributed by atoms with Gasteiger partial charge in [-0.25, -0.2) is 4.39 Å². The van der Waals surface area contributed by atoms with Gasteiger partial charge in [0.1, 0.15) is 5.56 Å². The van der Waals surface area contributed by atoms with Gasteiger partial charge in [-0.05, 0) is 12.1 Å². The van der Waals surface area contributed by atoms with Crippen molar-refractivity contribution in [3.8, 4) is 5.75 Å². The van der Waals surface area contributed by atoms with Crippen molar-refractivity contribution in [1.29, 1.82) is 0 Å². The van der Waals surface area contributed by atoms with E-state index in [0.717, 1.165) is 18.2 Å². The monoisotopic (exact) mass is 224 g/mol. The van der Waals surface area contributed by atoms with E-state index in [1.807, 2.05) is 0 Å². The highest BCUT2D eigenvalue weighted by Crippen LogP contribution is 2.37. The van der Waals surface area contributed by atoms with Gasteiger partial charge < -0.3 is 9.47 Å². The van der Waals surface area contributed by atoms with Crippen LogP contribution in [-0.2, 0) is 10.9 Å². The van der Waals surface area contributed by atoms with Crippen LogP contribution in [0.5, 0.6) is 5.75 Å². The minimum Gasteiger partial charge on any atom is -0.464 e. The van der Waals surface area contributed by atoms with Crippen LogP contribution >= 0.6 is 0 Å². The number of methoxy groups -OCH3 is 1. The maximum absolute atomic E-state index is 13.0. The molecule has 1 aromatic rings. The van der Waals surface area contributed by atoms with Crippen LogP contribution in [-0.4, -0.2) is 13.9 Å². The second kappa shape index (κ2) is 4.48. The minimum atomic E-state index is -4.65. The number of alkyl halides is 3. The molecule has 0 heterocycles. The number of halogens is 4. The predicted molar refractivity (Wildman–Crippen MR) is 43.9 cm³/mol. The zero-order valence-corrected chi connectivity index (χ0v) is 7.77. The summed E-state index contributed by atoms with van der Waals surface area (Å²) in [5.74, 6) is -1.91. The van der Waals surface area contributed by atoms with E-state index in [1.165, 1.54) is 7.11 Å². The summed E-state index contributed by atoms with van der Waals surface area (Å²) in [7, 11) is 1.23. The fraction of sp³-hybridized carbons (Fsp3) is 0.333. The van der Waals surface area contributed by atoms with Gasteiger partial charge in [-0.15, -0.1) is 0 Å². The van der Waals surface area contributed by atoms with Crippen LogP contribution in [0, 0.1) is 5.82 Å². The average Bonchev–Trinajstić information content (AvgIpc) is 2.14. The summed E-state index contributed by atoms with van der Waals surface area (Å²) in [5, 5.41) is 0. The lowest BCUT2D eigenvalue weighted by Crippen LogP contribution is -2.11. The topological polar surface area (TPSA) is 18.5 Å². The Bertz CT molecular complexity index is 335. The van der Waals surface area contributed by atoms with Crippen molar-refractivity contribution in [3.63, 3.8) is 0 Å². The molecule has 0 aromatic heterocycles. The molecule has 0 bridgehead atoms. The van der Waals surface area contributed by atoms with Crippen LogP contribution in [0.15, 0.2) is 18.2 Å². The van der Waals surface area contributed by atoms with E-state index >= 15 is 0 Å². The lowest BCUT2D eigenvalue weighted by Gasteiger charge is -2.13. The molecule has 0 spiro atoms. The molecule has 0 atom stereocenters. The molecule has 0 aliphatic heterocycles. The quantitative estimate of drug-likeness (QED) is 0.580. The third kappa shape index (κ3) is 2.82. The minimum absolute atomic E-state index is 0.440. The molecule has 0 fully saturated rings. The van der Waals surface area contributed by atoms with Crippen LogP contribution in [0.1, 0.15) is 5.56 Å². The number of ether oxygens (including phenoxy) is 2. The van der Waals surface area contributed by atoms with Crippen LogP contribution < -0.4 is 4.74 Å². The Hall–Kier alpha value is -1.30. The van der Waals surface area contributed by atoms with E-state index in [4.69, 9.17) is 0 Å². The number of para-hydroxylation sites is 1. The van der Waals surface area contributed by atoms with Gasteiger partial charge in [-0.3, -0.25) is 0 Å². The van der Waals surface area contributed by atoms with Gasteiger partial charge >= 0.3 is 6.18 Å². The smallest absolute Gasteiger partial charge is 0.420 e. The van der Waals surface area contributed by atoms with Gasteiger partial charge in [-0.2, -0.15) is 13.2 Å². The summed E-state index contributed by atoms with van der Waals surface area (Å²) < 4.78 is 59.1. The molecule has 1 aromatic carbocycles. The number of hydrogen-bond acceptors (Lipinski definition) is 2. The van der Waals surface area contributed by atoms with E-state index in [1.54, 1.807) is 0 Å². The SMILES string of the molecule is COCOc1c(F)cccc1C(F)(F)F. The molecule has 0 aliphatic carbocycles. The summed E-state index contributed by atoms with van der Waals surface area (Å²) in [6.45, 7) is -0.440. The molecule has 1 rings (SSSR count). The van der Waals surface area contributed by atoms with Crippen molar-refractivity contribution < 1.29 is 27.0 Å². The fourth-order valence-electron chi connectivity index (χ4n) is 0.997. The normalized spacial score (nSPS) is 11.5. The molecule has 0 saturated carbocycles. The maximum Gasteiger partial charge on any atom is 0.420 e. The summed E-state index contributed by atoms with van der Waals surface area (Å²) >= 11 is 0. The van der Waals surface area contributed by atoms with Gasteiger partial charge in [0.25, 0.3) is 0 Å². The summed E-state index contributed by atoms with van der Waals surface area (Å²) in [4.78, 5) is 0. The third-order valence-electron chi connectivity index (χ3n) is 1.59. The van der Waals surface area contributed by atoms with Gasteiger partial charge in [0.2, 0.25) is 0 Å². The van der Waals surface area contributed by atoms with E-state index in [-0.39, 0.29) is 0 Å². The Labute approximate surface area is 83.4 Å². The Kier molecular flexibility index (Phi) is 3.52. The Morgan fingerprint density at radius 2 is 1.93 bits per heavy atom. The average molecular weight is 224 g/mol.